The van der Waals surface area contributed by atoms with E-state index in [9.17, 15) is 9.59 Å². The number of fused-ring (bicyclic) bond motifs is 5. The standard InChI is InChI=1S/C24H32N4O2.HI/c1-3-16-5-7-17(8-6-16)11-12-26-24(25-4-2)27-13-14-28-22(29)20-18-9-10-19(15-18)21(20)23(28)30;/h5-10,18-21H,3-4,11-15H2,1-2H3,(H2,25,26,27);1H. The first-order valence-corrected chi connectivity index (χ1v) is 11.3. The summed E-state index contributed by atoms with van der Waals surface area (Å²) in [6, 6.07) is 8.67. The van der Waals surface area contributed by atoms with Crippen molar-refractivity contribution in [1.82, 2.24) is 15.5 Å². The molecule has 1 aromatic rings. The summed E-state index contributed by atoms with van der Waals surface area (Å²) in [6.07, 6.45) is 7.16. The minimum Gasteiger partial charge on any atom is -0.357 e. The fraction of sp³-hybridized carbons (Fsp3) is 0.542. The number of amides is 2. The normalized spacial score (nSPS) is 26.3. The van der Waals surface area contributed by atoms with Crippen LogP contribution in [0.4, 0.5) is 0 Å². The Hall–Kier alpha value is -1.90. The van der Waals surface area contributed by atoms with Gasteiger partial charge in [-0.2, -0.15) is 0 Å². The largest absolute Gasteiger partial charge is 0.357 e. The van der Waals surface area contributed by atoms with Gasteiger partial charge in [-0.25, -0.2) is 0 Å². The van der Waals surface area contributed by atoms with Gasteiger partial charge >= 0.3 is 0 Å². The smallest absolute Gasteiger partial charge is 0.233 e. The van der Waals surface area contributed by atoms with Gasteiger partial charge in [0.1, 0.15) is 0 Å². The van der Waals surface area contributed by atoms with Gasteiger partial charge in [0.05, 0.1) is 11.8 Å². The number of hydrogen-bond donors (Lipinski definition) is 2. The number of nitrogens with one attached hydrogen (secondary N) is 2. The van der Waals surface area contributed by atoms with E-state index in [2.05, 4.69) is 59.0 Å². The second-order valence-corrected chi connectivity index (χ2v) is 8.44. The highest BCUT2D eigenvalue weighted by atomic mass is 127. The zero-order chi connectivity index (χ0) is 21.1. The summed E-state index contributed by atoms with van der Waals surface area (Å²) < 4.78 is 0. The van der Waals surface area contributed by atoms with E-state index in [1.165, 1.54) is 16.0 Å². The average Bonchev–Trinajstić information content (AvgIpc) is 3.44. The van der Waals surface area contributed by atoms with Crippen LogP contribution in [0.25, 0.3) is 0 Å². The van der Waals surface area contributed by atoms with Crippen LogP contribution in [0.5, 0.6) is 0 Å². The first-order chi connectivity index (χ1) is 14.6. The van der Waals surface area contributed by atoms with Crippen molar-refractivity contribution >= 4 is 41.8 Å². The van der Waals surface area contributed by atoms with Crippen LogP contribution in [0, 0.1) is 23.7 Å². The second kappa shape index (κ2) is 10.6. The van der Waals surface area contributed by atoms with Crippen LogP contribution < -0.4 is 10.6 Å². The molecule has 4 unspecified atom stereocenters. The third kappa shape index (κ3) is 4.96. The first-order valence-electron chi connectivity index (χ1n) is 11.3. The maximum Gasteiger partial charge on any atom is 0.233 e. The van der Waals surface area contributed by atoms with E-state index in [0.717, 1.165) is 31.8 Å². The van der Waals surface area contributed by atoms with Gasteiger partial charge in [-0.05, 0) is 49.1 Å². The van der Waals surface area contributed by atoms with Gasteiger partial charge in [0, 0.05) is 26.2 Å². The Morgan fingerprint density at radius 1 is 1.00 bits per heavy atom. The van der Waals surface area contributed by atoms with Crippen LogP contribution in [0.3, 0.4) is 0 Å². The molecule has 2 N–H and O–H groups in total. The topological polar surface area (TPSA) is 73.8 Å². The Balaban J connectivity index is 0.00000272. The quantitative estimate of drug-likeness (QED) is 0.176. The molecule has 2 amide bonds. The Labute approximate surface area is 202 Å². The number of imide groups is 1. The lowest BCUT2D eigenvalue weighted by molar-refractivity contribution is -0.140. The summed E-state index contributed by atoms with van der Waals surface area (Å²) in [5.41, 5.74) is 2.62. The van der Waals surface area contributed by atoms with E-state index in [0.29, 0.717) is 19.6 Å². The van der Waals surface area contributed by atoms with Gasteiger partial charge in [0.15, 0.2) is 5.96 Å². The molecule has 2 bridgehead atoms. The van der Waals surface area contributed by atoms with Gasteiger partial charge in [-0.1, -0.05) is 43.3 Å². The van der Waals surface area contributed by atoms with Gasteiger partial charge in [0.25, 0.3) is 0 Å². The molecule has 1 saturated heterocycles. The number of likely N-dealkylation sites (tertiary alicyclic amines) is 1. The van der Waals surface area contributed by atoms with E-state index in [4.69, 9.17) is 0 Å². The van der Waals surface area contributed by atoms with E-state index >= 15 is 0 Å². The Bertz CT molecular complexity index is 822. The lowest BCUT2D eigenvalue weighted by Gasteiger charge is -2.18. The Morgan fingerprint density at radius 3 is 2.19 bits per heavy atom. The number of halogens is 1. The SMILES string of the molecule is CCNC(=NCCc1ccc(CC)cc1)NCCN1C(=O)C2C3C=CC(C3)C2C1=O.I. The third-order valence-electron chi connectivity index (χ3n) is 6.64. The number of aliphatic imine (C=N–C) groups is 1. The summed E-state index contributed by atoms with van der Waals surface area (Å²) in [5.74, 6) is 1.05. The summed E-state index contributed by atoms with van der Waals surface area (Å²) in [7, 11) is 0. The molecule has 0 aromatic heterocycles. The van der Waals surface area contributed by atoms with Gasteiger partial charge < -0.3 is 10.6 Å². The second-order valence-electron chi connectivity index (χ2n) is 8.44. The van der Waals surface area contributed by atoms with Crippen molar-refractivity contribution < 1.29 is 9.59 Å². The predicted octanol–water partition coefficient (Wildman–Crippen LogP) is 2.77. The van der Waals surface area contributed by atoms with Crippen LogP contribution in [-0.4, -0.2) is 48.9 Å². The first kappa shape index (κ1) is 23.8. The number of rotatable bonds is 8. The molecule has 0 radical (unpaired) electrons. The lowest BCUT2D eigenvalue weighted by atomic mass is 9.85. The molecule has 31 heavy (non-hydrogen) atoms. The predicted molar refractivity (Wildman–Crippen MR) is 133 cm³/mol. The van der Waals surface area contributed by atoms with Crippen LogP contribution in [0.2, 0.25) is 0 Å². The number of guanidine groups is 1. The molecule has 7 heteroatoms. The van der Waals surface area contributed by atoms with Gasteiger partial charge in [-0.15, -0.1) is 24.0 Å². The number of aryl methyl sites for hydroxylation is 1. The summed E-state index contributed by atoms with van der Waals surface area (Å²) in [5, 5.41) is 6.51. The fourth-order valence-corrected chi connectivity index (χ4v) is 5.05. The summed E-state index contributed by atoms with van der Waals surface area (Å²) in [4.78, 5) is 31.6. The molecule has 2 fully saturated rings. The molecule has 1 aliphatic heterocycles. The average molecular weight is 536 g/mol. The Morgan fingerprint density at radius 2 is 1.61 bits per heavy atom. The van der Waals surface area contributed by atoms with Crippen LogP contribution in [0.15, 0.2) is 41.4 Å². The minimum absolute atomic E-state index is 0. The highest BCUT2D eigenvalue weighted by molar-refractivity contribution is 14.0. The van der Waals surface area contributed by atoms with Crippen molar-refractivity contribution in [3.63, 3.8) is 0 Å². The number of allylic oxidation sites excluding steroid dienone is 2. The van der Waals surface area contributed by atoms with Gasteiger partial charge in [-0.3, -0.25) is 19.5 Å². The zero-order valence-electron chi connectivity index (χ0n) is 18.3. The molecule has 4 rings (SSSR count). The van der Waals surface area contributed by atoms with Crippen LogP contribution in [-0.2, 0) is 22.4 Å². The van der Waals surface area contributed by atoms with Crippen molar-refractivity contribution in [2.45, 2.75) is 33.1 Å². The number of nitrogens with zero attached hydrogens (tertiary/aromatic N) is 2. The Kier molecular flexibility index (Phi) is 8.13. The van der Waals surface area contributed by atoms with E-state index in [1.54, 1.807) is 0 Å². The molecule has 2 aliphatic carbocycles. The lowest BCUT2D eigenvalue weighted by Crippen LogP contribution is -2.43. The van der Waals surface area contributed by atoms with Crippen LogP contribution in [0.1, 0.15) is 31.4 Å². The van der Waals surface area contributed by atoms with Crippen molar-refractivity contribution in [2.75, 3.05) is 26.2 Å². The molecule has 4 atom stereocenters. The number of benzene rings is 1. The monoisotopic (exact) mass is 536 g/mol. The fourth-order valence-electron chi connectivity index (χ4n) is 5.05. The van der Waals surface area contributed by atoms with Crippen molar-refractivity contribution in [2.24, 2.45) is 28.7 Å². The maximum absolute atomic E-state index is 12.8. The highest BCUT2D eigenvalue weighted by Crippen LogP contribution is 2.52. The summed E-state index contributed by atoms with van der Waals surface area (Å²) in [6.45, 7) is 6.53. The molecule has 6 nitrogen and oxygen atoms in total. The van der Waals surface area contributed by atoms with Crippen molar-refractivity contribution in [1.29, 1.82) is 0 Å². The summed E-state index contributed by atoms with van der Waals surface area (Å²) >= 11 is 0. The number of hydrogen-bond acceptors (Lipinski definition) is 3. The highest BCUT2D eigenvalue weighted by Gasteiger charge is 2.58. The zero-order valence-corrected chi connectivity index (χ0v) is 20.7. The maximum atomic E-state index is 12.8. The van der Waals surface area contributed by atoms with Crippen molar-refractivity contribution in [3.05, 3.63) is 47.5 Å². The number of carbonyl (C=O) groups is 2. The van der Waals surface area contributed by atoms with Crippen molar-refractivity contribution in [3.8, 4) is 0 Å². The molecule has 1 saturated carbocycles. The molecular weight excluding hydrogens is 503 g/mol. The van der Waals surface area contributed by atoms with E-state index in [1.807, 2.05) is 6.92 Å². The number of carbonyl (C=O) groups excluding carboxylic acids is 2. The molecule has 1 heterocycles. The van der Waals surface area contributed by atoms with Gasteiger partial charge in [0.2, 0.25) is 11.8 Å². The molecule has 168 valence electrons. The van der Waals surface area contributed by atoms with E-state index in [-0.39, 0.29) is 59.5 Å². The van der Waals surface area contributed by atoms with E-state index < -0.39 is 0 Å². The molecule has 0 spiro atoms. The molecular formula is C24H33IN4O2. The molecule has 3 aliphatic rings. The minimum atomic E-state index is -0.117. The third-order valence-corrected chi connectivity index (χ3v) is 6.64. The molecule has 1 aromatic carbocycles. The van der Waals surface area contributed by atoms with Crippen LogP contribution >= 0.6 is 24.0 Å².